The van der Waals surface area contributed by atoms with Gasteiger partial charge in [-0.25, -0.2) is 14.6 Å². The fourth-order valence-corrected chi connectivity index (χ4v) is 2.35. The fraction of sp³-hybridized carbons (Fsp3) is 0.500. The van der Waals surface area contributed by atoms with Crippen molar-refractivity contribution >= 4 is 12.0 Å². The van der Waals surface area contributed by atoms with Crippen LogP contribution in [0.5, 0.6) is 5.88 Å². The smallest absolute Gasteiger partial charge is 0.417 e. The van der Waals surface area contributed by atoms with Crippen LogP contribution in [0, 0.1) is 0 Å². The quantitative estimate of drug-likeness (QED) is 0.415. The van der Waals surface area contributed by atoms with Crippen LogP contribution in [0.4, 0.5) is 18.0 Å². The van der Waals surface area contributed by atoms with Gasteiger partial charge in [0.05, 0.1) is 25.3 Å². The van der Waals surface area contributed by atoms with Crippen LogP contribution in [0.1, 0.15) is 12.5 Å². The first-order valence-electron chi connectivity index (χ1n) is 8.80. The minimum Gasteiger partial charge on any atom is -0.475 e. The molecule has 2 rings (SSSR count). The zero-order valence-electron chi connectivity index (χ0n) is 15.8. The SMILES string of the molecule is C=C(C)C(=O)OCCNC(=O)N1CCOC(COc2ccc(C(F)(F)F)cn2)C1. The lowest BCUT2D eigenvalue weighted by atomic mass is 10.3. The normalized spacial score (nSPS) is 16.8. The lowest BCUT2D eigenvalue weighted by Crippen LogP contribution is -2.51. The first-order valence-corrected chi connectivity index (χ1v) is 8.80. The van der Waals surface area contributed by atoms with Gasteiger partial charge in [0, 0.05) is 24.4 Å². The molecule has 0 spiro atoms. The molecule has 29 heavy (non-hydrogen) atoms. The summed E-state index contributed by atoms with van der Waals surface area (Å²) in [5.41, 5.74) is -0.592. The summed E-state index contributed by atoms with van der Waals surface area (Å²) < 4.78 is 53.3. The number of hydrogen-bond donors (Lipinski definition) is 1. The third-order valence-corrected chi connectivity index (χ3v) is 3.87. The Morgan fingerprint density at radius 2 is 2.17 bits per heavy atom. The number of amides is 2. The molecule has 0 aromatic carbocycles. The van der Waals surface area contributed by atoms with E-state index in [-0.39, 0.29) is 50.4 Å². The predicted octanol–water partition coefficient (Wildman–Crippen LogP) is 2.01. The van der Waals surface area contributed by atoms with Crippen molar-refractivity contribution in [3.05, 3.63) is 36.0 Å². The molecule has 1 unspecified atom stereocenters. The van der Waals surface area contributed by atoms with E-state index in [1.807, 2.05) is 0 Å². The van der Waals surface area contributed by atoms with Crippen molar-refractivity contribution in [2.75, 3.05) is 39.5 Å². The molecule has 0 aliphatic carbocycles. The zero-order chi connectivity index (χ0) is 21.4. The summed E-state index contributed by atoms with van der Waals surface area (Å²) >= 11 is 0. The lowest BCUT2D eigenvalue weighted by Gasteiger charge is -2.32. The summed E-state index contributed by atoms with van der Waals surface area (Å²) in [4.78, 5) is 28.6. The zero-order valence-corrected chi connectivity index (χ0v) is 15.8. The summed E-state index contributed by atoms with van der Waals surface area (Å²) in [6.45, 7) is 6.06. The van der Waals surface area contributed by atoms with Gasteiger partial charge >= 0.3 is 18.2 Å². The number of alkyl halides is 3. The number of urea groups is 1. The average Bonchev–Trinajstić information content (AvgIpc) is 2.69. The summed E-state index contributed by atoms with van der Waals surface area (Å²) in [5.74, 6) is -0.498. The molecular weight excluding hydrogens is 395 g/mol. The summed E-state index contributed by atoms with van der Waals surface area (Å²) in [7, 11) is 0. The lowest BCUT2D eigenvalue weighted by molar-refractivity contribution is -0.139. The second kappa shape index (κ2) is 10.1. The highest BCUT2D eigenvalue weighted by atomic mass is 19.4. The fourth-order valence-electron chi connectivity index (χ4n) is 2.35. The molecule has 0 radical (unpaired) electrons. The van der Waals surface area contributed by atoms with Gasteiger partial charge in [0.1, 0.15) is 19.3 Å². The Bertz CT molecular complexity index is 724. The molecular formula is C18H22F3N3O5. The number of aromatic nitrogens is 1. The number of rotatable bonds is 7. The highest BCUT2D eigenvalue weighted by Gasteiger charge is 2.31. The molecule has 0 saturated carbocycles. The number of hydrogen-bond acceptors (Lipinski definition) is 6. The molecule has 2 amide bonds. The molecule has 1 atom stereocenters. The number of pyridine rings is 1. The highest BCUT2D eigenvalue weighted by Crippen LogP contribution is 2.29. The molecule has 1 N–H and O–H groups in total. The summed E-state index contributed by atoms with van der Waals surface area (Å²) in [5, 5.41) is 2.63. The number of nitrogens with one attached hydrogen (secondary N) is 1. The maximum Gasteiger partial charge on any atom is 0.417 e. The topological polar surface area (TPSA) is 90.0 Å². The first-order chi connectivity index (χ1) is 13.7. The van der Waals surface area contributed by atoms with E-state index in [4.69, 9.17) is 14.2 Å². The van der Waals surface area contributed by atoms with Crippen LogP contribution in [0.15, 0.2) is 30.5 Å². The molecule has 2 heterocycles. The van der Waals surface area contributed by atoms with Crippen molar-refractivity contribution in [2.45, 2.75) is 19.2 Å². The van der Waals surface area contributed by atoms with Crippen LogP contribution >= 0.6 is 0 Å². The first kappa shape index (κ1) is 22.5. The third kappa shape index (κ3) is 7.26. The van der Waals surface area contributed by atoms with E-state index in [0.717, 1.165) is 12.1 Å². The van der Waals surface area contributed by atoms with Crippen LogP contribution in [0.25, 0.3) is 0 Å². The number of nitrogens with zero attached hydrogens (tertiary/aromatic N) is 2. The van der Waals surface area contributed by atoms with E-state index >= 15 is 0 Å². The Balaban J connectivity index is 1.73. The van der Waals surface area contributed by atoms with Crippen LogP contribution < -0.4 is 10.1 Å². The number of carbonyl (C=O) groups excluding carboxylic acids is 2. The van der Waals surface area contributed by atoms with E-state index in [1.54, 1.807) is 0 Å². The van der Waals surface area contributed by atoms with Crippen molar-refractivity contribution in [3.8, 4) is 5.88 Å². The molecule has 160 valence electrons. The Morgan fingerprint density at radius 3 is 2.79 bits per heavy atom. The number of esters is 1. The Hall–Kier alpha value is -2.82. The molecule has 1 fully saturated rings. The molecule has 1 aliphatic rings. The molecule has 1 aromatic heterocycles. The van der Waals surface area contributed by atoms with E-state index < -0.39 is 23.8 Å². The van der Waals surface area contributed by atoms with Gasteiger partial charge in [0.2, 0.25) is 5.88 Å². The van der Waals surface area contributed by atoms with Gasteiger partial charge in [0.15, 0.2) is 0 Å². The number of carbonyl (C=O) groups is 2. The Morgan fingerprint density at radius 1 is 1.41 bits per heavy atom. The number of ether oxygens (including phenoxy) is 3. The number of morpholine rings is 1. The van der Waals surface area contributed by atoms with Crippen LogP contribution in [0.2, 0.25) is 0 Å². The van der Waals surface area contributed by atoms with Gasteiger partial charge in [-0.05, 0) is 13.0 Å². The minimum atomic E-state index is -4.46. The van der Waals surface area contributed by atoms with E-state index in [1.165, 1.54) is 11.8 Å². The van der Waals surface area contributed by atoms with E-state index in [0.29, 0.717) is 12.7 Å². The van der Waals surface area contributed by atoms with Crippen molar-refractivity contribution in [1.29, 1.82) is 0 Å². The van der Waals surface area contributed by atoms with Crippen LogP contribution in [-0.4, -0.2) is 67.4 Å². The molecule has 8 nitrogen and oxygen atoms in total. The predicted molar refractivity (Wildman–Crippen MR) is 95.2 cm³/mol. The maximum atomic E-state index is 12.5. The van der Waals surface area contributed by atoms with E-state index in [2.05, 4.69) is 16.9 Å². The molecule has 0 bridgehead atoms. The van der Waals surface area contributed by atoms with Gasteiger partial charge in [0.25, 0.3) is 0 Å². The van der Waals surface area contributed by atoms with Crippen molar-refractivity contribution < 1.29 is 37.0 Å². The molecule has 1 saturated heterocycles. The van der Waals surface area contributed by atoms with Gasteiger partial charge in [-0.1, -0.05) is 6.58 Å². The maximum absolute atomic E-state index is 12.5. The van der Waals surface area contributed by atoms with Crippen molar-refractivity contribution in [1.82, 2.24) is 15.2 Å². The largest absolute Gasteiger partial charge is 0.475 e. The van der Waals surface area contributed by atoms with Gasteiger partial charge < -0.3 is 24.4 Å². The van der Waals surface area contributed by atoms with Crippen molar-refractivity contribution in [2.24, 2.45) is 0 Å². The third-order valence-electron chi connectivity index (χ3n) is 3.87. The minimum absolute atomic E-state index is 0.0217. The standard InChI is InChI=1S/C18H22F3N3O5/c1-12(2)16(25)28-7-5-22-17(26)24-6-8-27-14(10-24)11-29-15-4-3-13(9-23-15)18(19,20)21/h3-4,9,14H,1,5-8,10-11H2,2H3,(H,22,26). The van der Waals surface area contributed by atoms with E-state index in [9.17, 15) is 22.8 Å². The monoisotopic (exact) mass is 417 g/mol. The summed E-state index contributed by atoms with van der Waals surface area (Å²) in [6, 6.07) is 1.66. The molecule has 1 aromatic rings. The van der Waals surface area contributed by atoms with Gasteiger partial charge in [-0.15, -0.1) is 0 Å². The summed E-state index contributed by atoms with van der Waals surface area (Å²) in [6.07, 6.45) is -4.23. The van der Waals surface area contributed by atoms with Gasteiger partial charge in [-0.2, -0.15) is 13.2 Å². The Kier molecular flexibility index (Phi) is 7.82. The van der Waals surface area contributed by atoms with Crippen LogP contribution in [0.3, 0.4) is 0 Å². The van der Waals surface area contributed by atoms with Crippen molar-refractivity contribution in [3.63, 3.8) is 0 Å². The van der Waals surface area contributed by atoms with Crippen LogP contribution in [-0.2, 0) is 20.4 Å². The second-order valence-corrected chi connectivity index (χ2v) is 6.28. The highest BCUT2D eigenvalue weighted by molar-refractivity contribution is 5.86. The Labute approximate surface area is 165 Å². The average molecular weight is 417 g/mol. The number of halogens is 3. The second-order valence-electron chi connectivity index (χ2n) is 6.28. The molecule has 1 aliphatic heterocycles. The molecule has 11 heteroatoms. The van der Waals surface area contributed by atoms with Gasteiger partial charge in [-0.3, -0.25) is 0 Å².